The molecular formula is C15H12F3NO3S. The molecule has 1 amide bonds. The van der Waals surface area contributed by atoms with Gasteiger partial charge in [0.15, 0.2) is 0 Å². The molecule has 2 aromatic rings. The summed E-state index contributed by atoms with van der Waals surface area (Å²) in [6.45, 7) is 0. The number of halogens is 3. The number of amides is 1. The lowest BCUT2D eigenvalue weighted by molar-refractivity contribution is -0.137. The van der Waals surface area contributed by atoms with E-state index in [9.17, 15) is 22.8 Å². The fraction of sp³-hybridized carbons (Fsp3) is 0.200. The van der Waals surface area contributed by atoms with Crippen molar-refractivity contribution in [2.75, 3.05) is 12.4 Å². The molecule has 0 saturated heterocycles. The molecule has 0 unspecified atom stereocenters. The third-order valence-electron chi connectivity index (χ3n) is 2.99. The number of esters is 1. The van der Waals surface area contributed by atoms with E-state index in [1.807, 2.05) is 0 Å². The normalized spacial score (nSPS) is 11.1. The van der Waals surface area contributed by atoms with Crippen molar-refractivity contribution in [2.45, 2.75) is 12.6 Å². The Kier molecular flexibility index (Phi) is 5.05. The summed E-state index contributed by atoms with van der Waals surface area (Å²) >= 11 is 1.22. The number of alkyl halides is 3. The average Bonchev–Trinajstić information content (AvgIpc) is 2.94. The van der Waals surface area contributed by atoms with E-state index < -0.39 is 23.6 Å². The van der Waals surface area contributed by atoms with Gasteiger partial charge in [-0.05, 0) is 17.7 Å². The molecule has 0 aliphatic carbocycles. The monoisotopic (exact) mass is 343 g/mol. The molecule has 1 aromatic heterocycles. The van der Waals surface area contributed by atoms with Crippen molar-refractivity contribution in [3.05, 3.63) is 51.7 Å². The van der Waals surface area contributed by atoms with E-state index in [1.165, 1.54) is 30.6 Å². The lowest BCUT2D eigenvalue weighted by atomic mass is 10.1. The Morgan fingerprint density at radius 2 is 1.83 bits per heavy atom. The van der Waals surface area contributed by atoms with E-state index >= 15 is 0 Å². The van der Waals surface area contributed by atoms with Crippen molar-refractivity contribution in [3.8, 4) is 0 Å². The van der Waals surface area contributed by atoms with Crippen LogP contribution >= 0.6 is 11.3 Å². The van der Waals surface area contributed by atoms with Crippen LogP contribution in [0.2, 0.25) is 0 Å². The van der Waals surface area contributed by atoms with Crippen LogP contribution in [-0.4, -0.2) is 19.0 Å². The molecule has 1 N–H and O–H groups in total. The van der Waals surface area contributed by atoms with Gasteiger partial charge in [-0.3, -0.25) is 4.79 Å². The number of hydrogen-bond donors (Lipinski definition) is 1. The summed E-state index contributed by atoms with van der Waals surface area (Å²) in [5.41, 5.74) is 0.217. The first-order chi connectivity index (χ1) is 10.8. The van der Waals surface area contributed by atoms with Gasteiger partial charge in [0.2, 0.25) is 5.91 Å². The number of hydrogen-bond acceptors (Lipinski definition) is 4. The zero-order chi connectivity index (χ0) is 17.0. The first-order valence-corrected chi connectivity index (χ1v) is 7.36. The predicted molar refractivity (Wildman–Crippen MR) is 79.4 cm³/mol. The number of carbonyl (C=O) groups excluding carboxylic acids is 2. The Balaban J connectivity index is 2.03. The number of nitrogens with one attached hydrogen (secondary N) is 1. The van der Waals surface area contributed by atoms with Crippen molar-refractivity contribution in [2.24, 2.45) is 0 Å². The molecule has 2 rings (SSSR count). The smallest absolute Gasteiger partial charge is 0.416 e. The van der Waals surface area contributed by atoms with Gasteiger partial charge in [-0.2, -0.15) is 13.2 Å². The molecule has 0 atom stereocenters. The highest BCUT2D eigenvalue weighted by Crippen LogP contribution is 2.29. The van der Waals surface area contributed by atoms with Crippen LogP contribution in [0, 0.1) is 0 Å². The number of rotatable bonds is 4. The third-order valence-corrected chi connectivity index (χ3v) is 3.73. The summed E-state index contributed by atoms with van der Waals surface area (Å²) in [4.78, 5) is 23.4. The third kappa shape index (κ3) is 4.32. The number of ether oxygens (including phenoxy) is 1. The van der Waals surface area contributed by atoms with Crippen LogP contribution in [0.5, 0.6) is 0 Å². The van der Waals surface area contributed by atoms with Gasteiger partial charge in [-0.15, -0.1) is 11.3 Å². The summed E-state index contributed by atoms with van der Waals surface area (Å²) in [6, 6.07) is 4.34. The fourth-order valence-electron chi connectivity index (χ4n) is 1.85. The molecule has 0 spiro atoms. The minimum atomic E-state index is -4.41. The second-order valence-corrected chi connectivity index (χ2v) is 5.35. The quantitative estimate of drug-likeness (QED) is 0.861. The maximum absolute atomic E-state index is 12.5. The average molecular weight is 343 g/mol. The van der Waals surface area contributed by atoms with Crippen LogP contribution in [0.25, 0.3) is 0 Å². The van der Waals surface area contributed by atoms with Crippen LogP contribution in [0.4, 0.5) is 18.9 Å². The summed E-state index contributed by atoms with van der Waals surface area (Å²) in [7, 11) is 1.23. The minimum absolute atomic E-state index is 0.103. The number of carbonyl (C=O) groups is 2. The van der Waals surface area contributed by atoms with Crippen molar-refractivity contribution in [1.29, 1.82) is 0 Å². The first-order valence-electron chi connectivity index (χ1n) is 6.41. The number of thiophene rings is 1. The molecule has 23 heavy (non-hydrogen) atoms. The molecule has 0 fully saturated rings. The largest absolute Gasteiger partial charge is 0.465 e. The molecule has 0 bridgehead atoms. The summed E-state index contributed by atoms with van der Waals surface area (Å²) < 4.78 is 42.0. The molecule has 0 saturated carbocycles. The SMILES string of the molecule is COC(=O)c1cscc1NC(=O)Cc1ccc(C(F)(F)F)cc1. The van der Waals surface area contributed by atoms with Gasteiger partial charge in [-0.1, -0.05) is 12.1 Å². The number of methoxy groups -OCH3 is 1. The van der Waals surface area contributed by atoms with Crippen molar-refractivity contribution >= 4 is 28.9 Å². The molecule has 0 aliphatic heterocycles. The second-order valence-electron chi connectivity index (χ2n) is 4.61. The van der Waals surface area contributed by atoms with E-state index in [-0.39, 0.29) is 12.0 Å². The van der Waals surface area contributed by atoms with Gasteiger partial charge in [0.05, 0.1) is 30.3 Å². The Morgan fingerprint density at radius 3 is 2.39 bits per heavy atom. The van der Waals surface area contributed by atoms with Crippen molar-refractivity contribution in [3.63, 3.8) is 0 Å². The highest BCUT2D eigenvalue weighted by Gasteiger charge is 2.30. The van der Waals surface area contributed by atoms with Crippen LogP contribution in [0.1, 0.15) is 21.5 Å². The highest BCUT2D eigenvalue weighted by atomic mass is 32.1. The molecule has 1 aromatic carbocycles. The molecule has 122 valence electrons. The van der Waals surface area contributed by atoms with Gasteiger partial charge < -0.3 is 10.1 Å². The van der Waals surface area contributed by atoms with Crippen LogP contribution in [-0.2, 0) is 22.1 Å². The zero-order valence-electron chi connectivity index (χ0n) is 11.9. The summed E-state index contributed by atoms with van der Waals surface area (Å²) in [6.07, 6.45) is -4.51. The highest BCUT2D eigenvalue weighted by molar-refractivity contribution is 7.08. The number of benzene rings is 1. The van der Waals surface area contributed by atoms with Gasteiger partial charge >= 0.3 is 12.1 Å². The molecule has 1 heterocycles. The second kappa shape index (κ2) is 6.82. The minimum Gasteiger partial charge on any atom is -0.465 e. The first kappa shape index (κ1) is 17.0. The van der Waals surface area contributed by atoms with E-state index in [2.05, 4.69) is 10.1 Å². The molecule has 4 nitrogen and oxygen atoms in total. The Hall–Kier alpha value is -2.35. The van der Waals surface area contributed by atoms with Gasteiger partial charge in [-0.25, -0.2) is 4.79 Å². The molecule has 0 radical (unpaired) electrons. The van der Waals surface area contributed by atoms with Gasteiger partial charge in [0, 0.05) is 10.8 Å². The predicted octanol–water partition coefficient (Wildman–Crippen LogP) is 3.73. The van der Waals surface area contributed by atoms with Crippen LogP contribution in [0.3, 0.4) is 0 Å². The van der Waals surface area contributed by atoms with Crippen LogP contribution in [0.15, 0.2) is 35.0 Å². The van der Waals surface area contributed by atoms with Crippen molar-refractivity contribution in [1.82, 2.24) is 0 Å². The summed E-state index contributed by atoms with van der Waals surface area (Å²) in [5.74, 6) is -1.01. The van der Waals surface area contributed by atoms with E-state index in [4.69, 9.17) is 0 Å². The lowest BCUT2D eigenvalue weighted by Gasteiger charge is -2.08. The van der Waals surface area contributed by atoms with Gasteiger partial charge in [0.25, 0.3) is 0 Å². The zero-order valence-corrected chi connectivity index (χ0v) is 12.8. The molecule has 0 aliphatic rings. The molecule has 8 heteroatoms. The maximum atomic E-state index is 12.5. The Labute approximate surface area is 133 Å². The standard InChI is InChI=1S/C15H12F3NO3S/c1-22-14(21)11-7-23-8-12(11)19-13(20)6-9-2-4-10(5-3-9)15(16,17)18/h2-5,7-8H,6H2,1H3,(H,19,20). The fourth-order valence-corrected chi connectivity index (χ4v) is 2.60. The topological polar surface area (TPSA) is 55.4 Å². The maximum Gasteiger partial charge on any atom is 0.416 e. The van der Waals surface area contributed by atoms with Gasteiger partial charge in [0.1, 0.15) is 0 Å². The van der Waals surface area contributed by atoms with E-state index in [0.29, 0.717) is 11.3 Å². The summed E-state index contributed by atoms with van der Waals surface area (Å²) in [5, 5.41) is 5.67. The lowest BCUT2D eigenvalue weighted by Crippen LogP contribution is -2.16. The van der Waals surface area contributed by atoms with E-state index in [0.717, 1.165) is 12.1 Å². The Morgan fingerprint density at radius 1 is 1.17 bits per heavy atom. The Bertz CT molecular complexity index is 708. The van der Waals surface area contributed by atoms with E-state index in [1.54, 1.807) is 10.8 Å². The number of anilines is 1. The molecular weight excluding hydrogens is 331 g/mol. The van der Waals surface area contributed by atoms with Crippen molar-refractivity contribution < 1.29 is 27.5 Å². The van der Waals surface area contributed by atoms with Crippen LogP contribution < -0.4 is 5.32 Å².